The van der Waals surface area contributed by atoms with E-state index in [4.69, 9.17) is 4.74 Å². The molecule has 0 saturated heterocycles. The second-order valence-electron chi connectivity index (χ2n) is 5.32. The van der Waals surface area contributed by atoms with Crippen molar-refractivity contribution in [3.05, 3.63) is 36.2 Å². The molecule has 4 nitrogen and oxygen atoms in total. The van der Waals surface area contributed by atoms with Gasteiger partial charge in [0.25, 0.3) is 0 Å². The molecule has 0 aliphatic carbocycles. The number of carbonyl (C=O) groups excluding carboxylic acids is 1. The first-order valence-corrected chi connectivity index (χ1v) is 7.48. The van der Waals surface area contributed by atoms with Crippen molar-refractivity contribution in [1.29, 1.82) is 0 Å². The van der Waals surface area contributed by atoms with Crippen molar-refractivity contribution in [2.45, 2.75) is 31.3 Å². The van der Waals surface area contributed by atoms with Gasteiger partial charge in [-0.2, -0.15) is 0 Å². The Morgan fingerprint density at radius 2 is 2.19 bits per heavy atom. The van der Waals surface area contributed by atoms with Gasteiger partial charge in [-0.25, -0.2) is 9.18 Å². The second-order valence-corrected chi connectivity index (χ2v) is 6.37. The van der Waals surface area contributed by atoms with Crippen LogP contribution in [0.15, 0.2) is 41.1 Å². The summed E-state index contributed by atoms with van der Waals surface area (Å²) in [6.07, 6.45) is 0.715. The maximum atomic E-state index is 13.6. The van der Waals surface area contributed by atoms with Gasteiger partial charge in [0.1, 0.15) is 17.2 Å². The number of carbonyl (C=O) groups is 1. The van der Waals surface area contributed by atoms with Crippen LogP contribution >= 0.6 is 11.8 Å². The van der Waals surface area contributed by atoms with Crippen LogP contribution in [0.5, 0.6) is 5.75 Å². The van der Waals surface area contributed by atoms with Gasteiger partial charge in [-0.3, -0.25) is 0 Å². The topological polar surface area (TPSA) is 58.6 Å². The third-order valence-electron chi connectivity index (χ3n) is 2.16. The van der Waals surface area contributed by atoms with Gasteiger partial charge in [0.15, 0.2) is 0 Å². The number of halogens is 1. The van der Waals surface area contributed by atoms with E-state index in [1.807, 2.05) is 0 Å². The Morgan fingerprint density at radius 1 is 1.48 bits per heavy atom. The van der Waals surface area contributed by atoms with E-state index in [1.54, 1.807) is 45.0 Å². The summed E-state index contributed by atoms with van der Waals surface area (Å²) in [5, 5.41) is 11.7. The number of hydrogen-bond donors (Lipinski definition) is 2. The lowest BCUT2D eigenvalue weighted by atomic mass is 10.2. The molecule has 0 heterocycles. The average Bonchev–Trinajstić information content (AvgIpc) is 2.34. The molecule has 0 fully saturated rings. The number of nitrogens with one attached hydrogen (secondary N) is 1. The van der Waals surface area contributed by atoms with E-state index >= 15 is 0 Å². The summed E-state index contributed by atoms with van der Waals surface area (Å²) in [5.74, 6) is -0.0604. The second kappa shape index (κ2) is 7.93. The van der Waals surface area contributed by atoms with Gasteiger partial charge < -0.3 is 15.2 Å². The van der Waals surface area contributed by atoms with E-state index in [1.165, 1.54) is 17.8 Å². The van der Waals surface area contributed by atoms with Crippen LogP contribution in [0.3, 0.4) is 0 Å². The Bertz CT molecular complexity index is 512. The fourth-order valence-electron chi connectivity index (χ4n) is 1.34. The SMILES string of the molecule is CC(C)(C)OC(=O)NC/C=C(\F)CSc1cccc(O)c1. The molecule has 1 amide bonds. The fourth-order valence-corrected chi connectivity index (χ4v) is 2.15. The van der Waals surface area contributed by atoms with Crippen LogP contribution in [0.4, 0.5) is 9.18 Å². The largest absolute Gasteiger partial charge is 0.508 e. The number of hydrogen-bond acceptors (Lipinski definition) is 4. The van der Waals surface area contributed by atoms with Gasteiger partial charge in [0.2, 0.25) is 0 Å². The minimum absolute atomic E-state index is 0.0708. The van der Waals surface area contributed by atoms with Gasteiger partial charge in [-0.1, -0.05) is 6.07 Å². The molecule has 0 saturated carbocycles. The molecule has 6 heteroatoms. The Morgan fingerprint density at radius 3 is 2.81 bits per heavy atom. The van der Waals surface area contributed by atoms with Gasteiger partial charge in [0, 0.05) is 17.2 Å². The molecular weight excluding hydrogens is 293 g/mol. The molecule has 0 aliphatic heterocycles. The summed E-state index contributed by atoms with van der Waals surface area (Å²) >= 11 is 1.26. The highest BCUT2D eigenvalue weighted by Gasteiger charge is 2.15. The number of phenols is 1. The molecule has 1 aromatic rings. The first-order chi connectivity index (χ1) is 9.76. The lowest BCUT2D eigenvalue weighted by Gasteiger charge is -2.19. The summed E-state index contributed by atoms with van der Waals surface area (Å²) in [6, 6.07) is 6.61. The number of amides is 1. The van der Waals surface area contributed by atoms with Gasteiger partial charge in [0.05, 0.1) is 0 Å². The molecule has 1 aromatic carbocycles. The zero-order chi connectivity index (χ0) is 15.9. The number of thioether (sulfide) groups is 1. The van der Waals surface area contributed by atoms with Crippen LogP contribution in [0.25, 0.3) is 0 Å². The van der Waals surface area contributed by atoms with E-state index < -0.39 is 11.7 Å². The van der Waals surface area contributed by atoms with E-state index in [2.05, 4.69) is 5.32 Å². The third kappa shape index (κ3) is 8.24. The summed E-state index contributed by atoms with van der Waals surface area (Å²) < 4.78 is 18.6. The third-order valence-corrected chi connectivity index (χ3v) is 3.17. The average molecular weight is 313 g/mol. The first kappa shape index (κ1) is 17.4. The minimum atomic E-state index is -0.577. The lowest BCUT2D eigenvalue weighted by Crippen LogP contribution is -2.32. The van der Waals surface area contributed by atoms with Crippen molar-refractivity contribution in [2.75, 3.05) is 12.3 Å². The van der Waals surface area contributed by atoms with E-state index in [9.17, 15) is 14.3 Å². The van der Waals surface area contributed by atoms with Crippen molar-refractivity contribution >= 4 is 17.9 Å². The smallest absolute Gasteiger partial charge is 0.407 e. The quantitative estimate of drug-likeness (QED) is 0.810. The van der Waals surface area contributed by atoms with Crippen LogP contribution in [0.2, 0.25) is 0 Å². The highest BCUT2D eigenvalue weighted by atomic mass is 32.2. The maximum Gasteiger partial charge on any atom is 0.407 e. The maximum absolute atomic E-state index is 13.6. The van der Waals surface area contributed by atoms with Crippen LogP contribution in [-0.4, -0.2) is 29.1 Å². The Labute approximate surface area is 128 Å². The summed E-state index contributed by atoms with van der Waals surface area (Å²) in [7, 11) is 0. The van der Waals surface area contributed by atoms with Crippen molar-refractivity contribution in [2.24, 2.45) is 0 Å². The molecule has 0 radical (unpaired) electrons. The molecule has 0 aromatic heterocycles. The van der Waals surface area contributed by atoms with Gasteiger partial charge in [-0.05, 0) is 45.0 Å². The highest BCUT2D eigenvalue weighted by Crippen LogP contribution is 2.24. The number of rotatable bonds is 5. The van der Waals surface area contributed by atoms with E-state index in [0.717, 1.165) is 4.90 Å². The molecule has 2 N–H and O–H groups in total. The predicted octanol–water partition coefficient (Wildman–Crippen LogP) is 3.86. The Kier molecular flexibility index (Phi) is 6.55. The van der Waals surface area contributed by atoms with Crippen LogP contribution in [0, 0.1) is 0 Å². The summed E-state index contributed by atoms with van der Waals surface area (Å²) in [5.41, 5.74) is -0.572. The molecule has 0 bridgehead atoms. The molecule has 0 spiro atoms. The van der Waals surface area contributed by atoms with Crippen molar-refractivity contribution in [3.63, 3.8) is 0 Å². The van der Waals surface area contributed by atoms with E-state index in [0.29, 0.717) is 0 Å². The number of aromatic hydroxyl groups is 1. The lowest BCUT2D eigenvalue weighted by molar-refractivity contribution is 0.0534. The van der Waals surface area contributed by atoms with Gasteiger partial charge >= 0.3 is 6.09 Å². The van der Waals surface area contributed by atoms with Crippen molar-refractivity contribution in [1.82, 2.24) is 5.32 Å². The van der Waals surface area contributed by atoms with E-state index in [-0.39, 0.29) is 23.9 Å². The molecule has 0 unspecified atom stereocenters. The predicted molar refractivity (Wildman–Crippen MR) is 82.3 cm³/mol. The van der Waals surface area contributed by atoms with Crippen LogP contribution in [-0.2, 0) is 4.74 Å². The van der Waals surface area contributed by atoms with Crippen LogP contribution < -0.4 is 5.32 Å². The van der Waals surface area contributed by atoms with Crippen molar-refractivity contribution < 1.29 is 19.0 Å². The first-order valence-electron chi connectivity index (χ1n) is 6.49. The zero-order valence-electron chi connectivity index (χ0n) is 12.4. The summed E-state index contributed by atoms with van der Waals surface area (Å²) in [6.45, 7) is 5.35. The van der Waals surface area contributed by atoms with Crippen molar-refractivity contribution in [3.8, 4) is 5.75 Å². The molecule has 116 valence electrons. The number of benzene rings is 1. The standard InChI is InChI=1S/C15H20FNO3S/c1-15(2,3)20-14(19)17-8-7-11(16)10-21-13-6-4-5-12(18)9-13/h4-7,9,18H,8,10H2,1-3H3,(H,17,19)/b11-7-. The van der Waals surface area contributed by atoms with Gasteiger partial charge in [-0.15, -0.1) is 11.8 Å². The molecule has 0 atom stereocenters. The molecule has 1 rings (SSSR count). The Balaban J connectivity index is 2.32. The molecular formula is C15H20FNO3S. The number of ether oxygens (including phenoxy) is 1. The number of alkyl carbamates (subject to hydrolysis) is 1. The normalized spacial score (nSPS) is 12.1. The Hall–Kier alpha value is -1.69. The number of phenolic OH excluding ortho intramolecular Hbond substituents is 1. The molecule has 0 aliphatic rings. The summed E-state index contributed by atoms with van der Waals surface area (Å²) in [4.78, 5) is 12.1. The fraction of sp³-hybridized carbons (Fsp3) is 0.400. The molecule has 21 heavy (non-hydrogen) atoms. The zero-order valence-corrected chi connectivity index (χ0v) is 13.2. The monoisotopic (exact) mass is 313 g/mol. The van der Waals surface area contributed by atoms with Crippen LogP contribution in [0.1, 0.15) is 20.8 Å². The minimum Gasteiger partial charge on any atom is -0.508 e. The highest BCUT2D eigenvalue weighted by molar-refractivity contribution is 7.99.